The molecule has 1 aromatic heterocycles. The fraction of sp³-hybridized carbons (Fsp3) is 0.419. The van der Waals surface area contributed by atoms with Gasteiger partial charge in [0.2, 0.25) is 5.91 Å². The highest BCUT2D eigenvalue weighted by atomic mass is 32.1. The van der Waals surface area contributed by atoms with Gasteiger partial charge in [-0.15, -0.1) is 11.3 Å². The smallest absolute Gasteiger partial charge is 0.255 e. The molecule has 2 N–H and O–H groups in total. The average Bonchev–Trinajstić information content (AvgIpc) is 3.58. The van der Waals surface area contributed by atoms with Crippen molar-refractivity contribution >= 4 is 28.9 Å². The molecule has 2 aromatic carbocycles. The molecule has 5 rings (SSSR count). The van der Waals surface area contributed by atoms with Crippen LogP contribution in [-0.4, -0.2) is 50.9 Å². The number of nitrogens with zero attached hydrogens (tertiary/aromatic N) is 2. The number of alkyl halides is 1. The first-order chi connectivity index (χ1) is 19.1. The number of hydrogen-bond acceptors (Lipinski definition) is 6. The van der Waals surface area contributed by atoms with Gasteiger partial charge in [-0.05, 0) is 54.5 Å². The quantitative estimate of drug-likeness (QED) is 0.417. The topological polar surface area (TPSA) is 99.6 Å². The molecule has 1 saturated carbocycles. The van der Waals surface area contributed by atoms with Crippen molar-refractivity contribution in [2.75, 3.05) is 0 Å². The van der Waals surface area contributed by atoms with Crippen molar-refractivity contribution in [3.05, 3.63) is 75.9 Å². The number of aliphatic hydroxyl groups is 1. The number of rotatable bonds is 8. The van der Waals surface area contributed by atoms with E-state index in [1.165, 1.54) is 4.90 Å². The number of fused-ring (bicyclic) bond motifs is 1. The lowest BCUT2D eigenvalue weighted by Crippen LogP contribution is -2.50. The summed E-state index contributed by atoms with van der Waals surface area (Å²) < 4.78 is 15.3. The number of halogens is 1. The molecule has 9 heteroatoms. The van der Waals surface area contributed by atoms with E-state index in [0.717, 1.165) is 32.8 Å². The zero-order chi connectivity index (χ0) is 28.7. The summed E-state index contributed by atoms with van der Waals surface area (Å²) in [6.07, 6.45) is -3.45. The number of hydrogen-bond donors (Lipinski definition) is 2. The van der Waals surface area contributed by atoms with Gasteiger partial charge in [-0.3, -0.25) is 14.4 Å². The van der Waals surface area contributed by atoms with Crippen LogP contribution in [0.2, 0.25) is 0 Å². The first-order valence-electron chi connectivity index (χ1n) is 13.6. The van der Waals surface area contributed by atoms with Crippen molar-refractivity contribution < 1.29 is 23.9 Å². The molecule has 0 saturated heterocycles. The van der Waals surface area contributed by atoms with Crippen molar-refractivity contribution in [3.8, 4) is 10.4 Å². The Morgan fingerprint density at radius 3 is 2.60 bits per heavy atom. The summed E-state index contributed by atoms with van der Waals surface area (Å²) >= 11 is 1.56. The molecule has 1 unspecified atom stereocenters. The lowest BCUT2D eigenvalue weighted by Gasteiger charge is -2.33. The third kappa shape index (κ3) is 5.08. The van der Waals surface area contributed by atoms with Crippen LogP contribution < -0.4 is 5.32 Å². The van der Waals surface area contributed by atoms with E-state index in [-0.39, 0.29) is 37.1 Å². The zero-order valence-corrected chi connectivity index (χ0v) is 23.9. The van der Waals surface area contributed by atoms with Gasteiger partial charge in [-0.25, -0.2) is 9.37 Å². The second kappa shape index (κ2) is 11.2. The number of carbonyl (C=O) groups is 3. The Balaban J connectivity index is 1.32. The van der Waals surface area contributed by atoms with Gasteiger partial charge in [-0.2, -0.15) is 0 Å². The van der Waals surface area contributed by atoms with Crippen molar-refractivity contribution in [2.45, 2.75) is 65.5 Å². The lowest BCUT2D eigenvalue weighted by atomic mass is 9.83. The molecule has 1 fully saturated rings. The Hall–Kier alpha value is -3.43. The maximum atomic E-state index is 15.3. The molecule has 3 aromatic rings. The first kappa shape index (κ1) is 28.1. The van der Waals surface area contributed by atoms with Crippen LogP contribution in [0.4, 0.5) is 4.39 Å². The van der Waals surface area contributed by atoms with Crippen molar-refractivity contribution in [1.29, 1.82) is 0 Å². The molecule has 40 heavy (non-hydrogen) atoms. The lowest BCUT2D eigenvalue weighted by molar-refractivity contribution is -0.137. The predicted octanol–water partition coefficient (Wildman–Crippen LogP) is 4.63. The highest BCUT2D eigenvalue weighted by Gasteiger charge is 2.53. The molecule has 0 spiro atoms. The Bertz CT molecular complexity index is 1450. The van der Waals surface area contributed by atoms with Crippen LogP contribution in [0.3, 0.4) is 0 Å². The van der Waals surface area contributed by atoms with E-state index in [4.69, 9.17) is 0 Å². The molecule has 210 valence electrons. The van der Waals surface area contributed by atoms with E-state index in [9.17, 15) is 19.5 Å². The molecule has 7 nitrogen and oxygen atoms in total. The van der Waals surface area contributed by atoms with Crippen LogP contribution in [0.1, 0.15) is 53.0 Å². The summed E-state index contributed by atoms with van der Waals surface area (Å²) in [5.74, 6) is -3.85. The molecule has 2 aliphatic rings. The molecule has 0 bridgehead atoms. The maximum Gasteiger partial charge on any atom is 0.255 e. The third-order valence-corrected chi connectivity index (χ3v) is 9.20. The van der Waals surface area contributed by atoms with Crippen molar-refractivity contribution in [1.82, 2.24) is 15.2 Å². The molecule has 1 aliphatic heterocycles. The number of nitrogens with one attached hydrogen (secondary N) is 1. The van der Waals surface area contributed by atoms with Crippen molar-refractivity contribution in [3.63, 3.8) is 0 Å². The second-order valence-corrected chi connectivity index (χ2v) is 12.0. The Labute approximate surface area is 237 Å². The second-order valence-electron chi connectivity index (χ2n) is 11.2. The minimum Gasteiger partial charge on any atom is -0.390 e. The number of benzene rings is 2. The van der Waals surface area contributed by atoms with E-state index in [1.807, 2.05) is 58.0 Å². The predicted molar refractivity (Wildman–Crippen MR) is 151 cm³/mol. The highest BCUT2D eigenvalue weighted by Crippen LogP contribution is 2.39. The Morgan fingerprint density at radius 1 is 1.20 bits per heavy atom. The summed E-state index contributed by atoms with van der Waals surface area (Å²) in [6, 6.07) is 12.3. The molecular weight excluding hydrogens is 529 g/mol. The largest absolute Gasteiger partial charge is 0.390 e. The average molecular weight is 564 g/mol. The number of ketones is 1. The van der Waals surface area contributed by atoms with Gasteiger partial charge < -0.3 is 15.3 Å². The fourth-order valence-electron chi connectivity index (χ4n) is 6.10. The number of Topliss-reactive ketones (excluding diaryl/α,β-unsaturated/α-hetero) is 1. The van der Waals surface area contributed by atoms with Crippen LogP contribution in [-0.2, 0) is 22.7 Å². The van der Waals surface area contributed by atoms with Gasteiger partial charge in [0.1, 0.15) is 6.17 Å². The Morgan fingerprint density at radius 2 is 1.95 bits per heavy atom. The standard InChI is InChI=1S/C31H34FN3O4S/c1-16(2)27(35-14-21-7-5-6-8-22(21)31(35)39)28(37)23-12-24(36)26(32)25(23)30(38)33-13-20-10-9-19(11-17(20)3)29-18(4)34-15-40-29/h5-11,15-16,23-27,36H,12-14H2,1-4H3,(H,33,38)/t23-,24-,25?,26-,27-/m0/s1. The van der Waals surface area contributed by atoms with E-state index >= 15 is 4.39 Å². The normalized spacial score (nSPS) is 23.0. The maximum absolute atomic E-state index is 15.3. The summed E-state index contributed by atoms with van der Waals surface area (Å²) in [6.45, 7) is 8.03. The van der Waals surface area contributed by atoms with E-state index in [1.54, 1.807) is 29.0 Å². The van der Waals surface area contributed by atoms with Gasteiger partial charge in [0.25, 0.3) is 5.91 Å². The fourth-order valence-corrected chi connectivity index (χ4v) is 6.90. The summed E-state index contributed by atoms with van der Waals surface area (Å²) in [7, 11) is 0. The summed E-state index contributed by atoms with van der Waals surface area (Å²) in [4.78, 5) is 47.4. The van der Waals surface area contributed by atoms with E-state index < -0.39 is 36.1 Å². The minimum atomic E-state index is -1.87. The van der Waals surface area contributed by atoms with Gasteiger partial charge in [0, 0.05) is 24.6 Å². The number of aliphatic hydroxyl groups excluding tert-OH is 1. The molecule has 5 atom stereocenters. The SMILES string of the molecule is Cc1cc(-c2scnc2C)ccc1CNC(=O)C1[C@@H](C(=O)[C@H](C(C)C)N2Cc3ccccc3C2=O)C[C@H](O)[C@@H]1F. The summed E-state index contributed by atoms with van der Waals surface area (Å²) in [5.41, 5.74) is 7.02. The van der Waals surface area contributed by atoms with Gasteiger partial charge in [0.15, 0.2) is 5.78 Å². The van der Waals surface area contributed by atoms with E-state index in [0.29, 0.717) is 5.56 Å². The van der Waals surface area contributed by atoms with Gasteiger partial charge >= 0.3 is 0 Å². The molecule has 0 radical (unpaired) electrons. The van der Waals surface area contributed by atoms with Crippen LogP contribution >= 0.6 is 11.3 Å². The van der Waals surface area contributed by atoms with Crippen LogP contribution in [0.15, 0.2) is 48.0 Å². The molecule has 2 heterocycles. The van der Waals surface area contributed by atoms with Gasteiger partial charge in [-0.1, -0.05) is 50.2 Å². The van der Waals surface area contributed by atoms with Crippen molar-refractivity contribution in [2.24, 2.45) is 17.8 Å². The van der Waals surface area contributed by atoms with Gasteiger partial charge in [0.05, 0.1) is 34.1 Å². The molecular formula is C31H34FN3O4S. The highest BCUT2D eigenvalue weighted by molar-refractivity contribution is 7.13. The van der Waals surface area contributed by atoms with Crippen LogP contribution in [0.5, 0.6) is 0 Å². The number of aromatic nitrogens is 1. The number of thiazole rings is 1. The van der Waals surface area contributed by atoms with Crippen LogP contribution in [0, 0.1) is 31.6 Å². The third-order valence-electron chi connectivity index (χ3n) is 8.22. The summed E-state index contributed by atoms with van der Waals surface area (Å²) in [5, 5.41) is 13.2. The number of amides is 2. The molecule has 2 amide bonds. The Kier molecular flexibility index (Phi) is 7.88. The van der Waals surface area contributed by atoms with Crippen LogP contribution in [0.25, 0.3) is 10.4 Å². The van der Waals surface area contributed by atoms with E-state index in [2.05, 4.69) is 10.3 Å². The number of carbonyl (C=O) groups excluding carboxylic acids is 3. The first-order valence-corrected chi connectivity index (χ1v) is 14.5. The monoisotopic (exact) mass is 563 g/mol. The zero-order valence-electron chi connectivity index (χ0n) is 23.1. The minimum absolute atomic E-state index is 0.155. The number of aryl methyl sites for hydroxylation is 2. The molecule has 1 aliphatic carbocycles.